The van der Waals surface area contributed by atoms with Crippen molar-refractivity contribution in [3.05, 3.63) is 58.1 Å². The van der Waals surface area contributed by atoms with E-state index in [0.717, 1.165) is 0 Å². The first kappa shape index (κ1) is 15.8. The van der Waals surface area contributed by atoms with Gasteiger partial charge in [-0.15, -0.1) is 0 Å². The second kappa shape index (κ2) is 6.60. The molecule has 3 rings (SSSR count). The Labute approximate surface area is 143 Å². The van der Waals surface area contributed by atoms with Crippen LogP contribution in [0.4, 0.5) is 5.69 Å². The summed E-state index contributed by atoms with van der Waals surface area (Å²) in [6.45, 7) is 0.236. The highest BCUT2D eigenvalue weighted by Gasteiger charge is 2.30. The molecular weight excluding hydrogens is 337 g/mol. The average molecular weight is 350 g/mol. The summed E-state index contributed by atoms with van der Waals surface area (Å²) in [6, 6.07) is 12.1. The Hall–Kier alpha value is -2.04. The molecule has 0 saturated carbocycles. The van der Waals surface area contributed by atoms with Gasteiger partial charge in [0, 0.05) is 28.5 Å². The molecule has 6 heteroatoms. The van der Waals surface area contributed by atoms with Crippen LogP contribution >= 0.6 is 23.2 Å². The Balaban J connectivity index is 1.71. The number of ether oxygens (including phenoxy) is 1. The van der Waals surface area contributed by atoms with E-state index in [0.29, 0.717) is 27.0 Å². The van der Waals surface area contributed by atoms with Crippen molar-refractivity contribution in [1.82, 2.24) is 0 Å². The van der Waals surface area contributed by atoms with Gasteiger partial charge in [-0.25, -0.2) is 0 Å². The molecule has 1 aliphatic rings. The number of carbonyl (C=O) groups is 2. The van der Waals surface area contributed by atoms with Gasteiger partial charge >= 0.3 is 0 Å². The van der Waals surface area contributed by atoms with Gasteiger partial charge in [0.05, 0.1) is 5.69 Å². The third kappa shape index (κ3) is 3.33. The number of anilines is 1. The second-order valence-corrected chi connectivity index (χ2v) is 5.92. The zero-order valence-corrected chi connectivity index (χ0v) is 13.6. The molecular formula is C17H13Cl2NO3. The minimum absolute atomic E-state index is 0.175. The van der Waals surface area contributed by atoms with Crippen LogP contribution in [0.5, 0.6) is 5.75 Å². The highest BCUT2D eigenvalue weighted by Crippen LogP contribution is 2.28. The zero-order chi connectivity index (χ0) is 16.4. The molecule has 23 heavy (non-hydrogen) atoms. The standard InChI is InChI=1S/C17H13Cl2NO3/c18-14-2-1-3-15(19)13(14)10-23-12-6-4-11(5-7-12)20-16(21)8-9-17(20)22/h1-7H,8-10H2. The molecule has 118 valence electrons. The highest BCUT2D eigenvalue weighted by atomic mass is 35.5. The number of imide groups is 1. The fraction of sp³-hybridized carbons (Fsp3) is 0.176. The quantitative estimate of drug-likeness (QED) is 0.776. The molecule has 2 aromatic rings. The van der Waals surface area contributed by atoms with E-state index >= 15 is 0 Å². The van der Waals surface area contributed by atoms with E-state index in [2.05, 4.69) is 0 Å². The van der Waals surface area contributed by atoms with Gasteiger partial charge in [0.25, 0.3) is 0 Å². The third-order valence-corrected chi connectivity index (χ3v) is 4.30. The highest BCUT2D eigenvalue weighted by molar-refractivity contribution is 6.35. The van der Waals surface area contributed by atoms with Gasteiger partial charge in [0.15, 0.2) is 0 Å². The molecule has 0 aromatic heterocycles. The van der Waals surface area contributed by atoms with Crippen molar-refractivity contribution in [1.29, 1.82) is 0 Å². The number of hydrogen-bond donors (Lipinski definition) is 0. The van der Waals surface area contributed by atoms with Gasteiger partial charge in [0.2, 0.25) is 11.8 Å². The van der Waals surface area contributed by atoms with Crippen LogP contribution in [-0.2, 0) is 16.2 Å². The monoisotopic (exact) mass is 349 g/mol. The molecule has 1 fully saturated rings. The number of halogens is 2. The topological polar surface area (TPSA) is 46.6 Å². The molecule has 0 N–H and O–H groups in total. The van der Waals surface area contributed by atoms with E-state index in [1.165, 1.54) is 4.90 Å². The predicted molar refractivity (Wildman–Crippen MR) is 89.0 cm³/mol. The number of hydrogen-bond acceptors (Lipinski definition) is 3. The molecule has 0 spiro atoms. The van der Waals surface area contributed by atoms with Gasteiger partial charge in [-0.05, 0) is 36.4 Å². The number of carbonyl (C=O) groups excluding carboxylic acids is 2. The van der Waals surface area contributed by atoms with E-state index < -0.39 is 0 Å². The van der Waals surface area contributed by atoms with Crippen LogP contribution in [0.1, 0.15) is 18.4 Å². The van der Waals surface area contributed by atoms with Crippen molar-refractivity contribution in [2.24, 2.45) is 0 Å². The molecule has 0 unspecified atom stereocenters. The van der Waals surface area contributed by atoms with Crippen molar-refractivity contribution >= 4 is 40.7 Å². The molecule has 0 radical (unpaired) electrons. The SMILES string of the molecule is O=C1CCC(=O)N1c1ccc(OCc2c(Cl)cccc2Cl)cc1. The lowest BCUT2D eigenvalue weighted by molar-refractivity contribution is -0.121. The molecule has 1 heterocycles. The summed E-state index contributed by atoms with van der Waals surface area (Å²) in [7, 11) is 0. The molecule has 0 atom stereocenters. The average Bonchev–Trinajstić information content (AvgIpc) is 2.87. The molecule has 0 bridgehead atoms. The van der Waals surface area contributed by atoms with Crippen molar-refractivity contribution in [2.45, 2.75) is 19.4 Å². The van der Waals surface area contributed by atoms with Crippen LogP contribution < -0.4 is 9.64 Å². The van der Waals surface area contributed by atoms with E-state index in [1.807, 2.05) is 0 Å². The molecule has 0 aliphatic carbocycles. The first-order valence-electron chi connectivity index (χ1n) is 7.08. The van der Waals surface area contributed by atoms with Gasteiger partial charge in [-0.3, -0.25) is 14.5 Å². The first-order valence-corrected chi connectivity index (χ1v) is 7.83. The molecule has 2 aromatic carbocycles. The summed E-state index contributed by atoms with van der Waals surface area (Å²) in [5.74, 6) is 0.252. The largest absolute Gasteiger partial charge is 0.489 e. The minimum Gasteiger partial charge on any atom is -0.489 e. The van der Waals surface area contributed by atoms with E-state index in [4.69, 9.17) is 27.9 Å². The minimum atomic E-state index is -0.175. The predicted octanol–water partition coefficient (Wildman–Crippen LogP) is 4.23. The van der Waals surface area contributed by atoms with E-state index in [-0.39, 0.29) is 31.3 Å². The van der Waals surface area contributed by atoms with Crippen LogP contribution in [-0.4, -0.2) is 11.8 Å². The maximum Gasteiger partial charge on any atom is 0.234 e. The summed E-state index contributed by atoms with van der Waals surface area (Å²) in [5, 5.41) is 1.09. The molecule has 4 nitrogen and oxygen atoms in total. The molecule has 1 aliphatic heterocycles. The summed E-state index contributed by atoms with van der Waals surface area (Å²) in [4.78, 5) is 24.6. The molecule has 2 amide bonds. The maximum atomic E-state index is 11.7. The Kier molecular flexibility index (Phi) is 4.55. The fourth-order valence-electron chi connectivity index (χ4n) is 2.38. The summed E-state index contributed by atoms with van der Waals surface area (Å²) >= 11 is 12.2. The van der Waals surface area contributed by atoms with Gasteiger partial charge < -0.3 is 4.74 Å². The summed E-state index contributed by atoms with van der Waals surface area (Å²) in [6.07, 6.45) is 0.532. The number of amides is 2. The van der Waals surface area contributed by atoms with Crippen LogP contribution in [0, 0.1) is 0 Å². The lowest BCUT2D eigenvalue weighted by Gasteiger charge is -2.14. The van der Waals surface area contributed by atoms with Gasteiger partial charge in [-0.1, -0.05) is 29.3 Å². The Bertz CT molecular complexity index is 723. The fourth-order valence-corrected chi connectivity index (χ4v) is 2.89. The molecule has 1 saturated heterocycles. The Morgan fingerprint density at radius 2 is 1.48 bits per heavy atom. The van der Waals surface area contributed by atoms with E-state index in [9.17, 15) is 9.59 Å². The number of nitrogens with zero attached hydrogens (tertiary/aromatic N) is 1. The third-order valence-electron chi connectivity index (χ3n) is 3.59. The van der Waals surface area contributed by atoms with Crippen LogP contribution in [0.15, 0.2) is 42.5 Å². The normalized spacial score (nSPS) is 14.4. The van der Waals surface area contributed by atoms with Crippen LogP contribution in [0.2, 0.25) is 10.0 Å². The summed E-state index contributed by atoms with van der Waals surface area (Å²) in [5.41, 5.74) is 1.27. The number of rotatable bonds is 4. The van der Waals surface area contributed by atoms with Crippen molar-refractivity contribution in [3.63, 3.8) is 0 Å². The van der Waals surface area contributed by atoms with E-state index in [1.54, 1.807) is 42.5 Å². The van der Waals surface area contributed by atoms with Crippen molar-refractivity contribution in [3.8, 4) is 5.75 Å². The smallest absolute Gasteiger partial charge is 0.234 e. The first-order chi connectivity index (χ1) is 11.1. The zero-order valence-electron chi connectivity index (χ0n) is 12.1. The van der Waals surface area contributed by atoms with Crippen molar-refractivity contribution in [2.75, 3.05) is 4.90 Å². The lowest BCUT2D eigenvalue weighted by atomic mass is 10.2. The number of benzene rings is 2. The van der Waals surface area contributed by atoms with Crippen molar-refractivity contribution < 1.29 is 14.3 Å². The Morgan fingerprint density at radius 3 is 2.04 bits per heavy atom. The second-order valence-electron chi connectivity index (χ2n) is 5.11. The van der Waals surface area contributed by atoms with Gasteiger partial charge in [-0.2, -0.15) is 0 Å². The Morgan fingerprint density at radius 1 is 0.913 bits per heavy atom. The summed E-state index contributed by atoms with van der Waals surface area (Å²) < 4.78 is 5.67. The van der Waals surface area contributed by atoms with Crippen LogP contribution in [0.3, 0.4) is 0 Å². The van der Waals surface area contributed by atoms with Gasteiger partial charge in [0.1, 0.15) is 12.4 Å². The van der Waals surface area contributed by atoms with Crippen LogP contribution in [0.25, 0.3) is 0 Å². The maximum absolute atomic E-state index is 11.7. The lowest BCUT2D eigenvalue weighted by Crippen LogP contribution is -2.28.